The predicted octanol–water partition coefficient (Wildman–Crippen LogP) is 3.65. The van der Waals surface area contributed by atoms with Crippen LogP contribution in [0.2, 0.25) is 0 Å². The molecule has 0 saturated carbocycles. The number of hydrogen-bond acceptors (Lipinski definition) is 2. The van der Waals surface area contributed by atoms with Gasteiger partial charge < -0.3 is 10.1 Å². The molecule has 0 bridgehead atoms. The fourth-order valence-corrected chi connectivity index (χ4v) is 2.66. The van der Waals surface area contributed by atoms with Gasteiger partial charge in [-0.05, 0) is 36.7 Å². The van der Waals surface area contributed by atoms with Crippen molar-refractivity contribution < 1.29 is 17.9 Å². The Morgan fingerprint density at radius 2 is 1.95 bits per heavy atom. The van der Waals surface area contributed by atoms with E-state index in [0.717, 1.165) is 31.6 Å². The number of halogens is 3. The molecule has 1 saturated heterocycles. The second-order valence-electron chi connectivity index (χ2n) is 5.32. The number of benzene rings is 2. The van der Waals surface area contributed by atoms with E-state index >= 15 is 0 Å². The van der Waals surface area contributed by atoms with Crippen LogP contribution in [-0.4, -0.2) is 19.2 Å². The number of nitrogens with one attached hydrogen (secondary N) is 1. The largest absolute Gasteiger partial charge is 0.372 e. The molecule has 0 aliphatic carbocycles. The molecule has 0 unspecified atom stereocenters. The maximum Gasteiger partial charge on any atom is 0.134 e. The Kier molecular flexibility index (Phi) is 4.45. The highest BCUT2D eigenvalue weighted by Gasteiger charge is 2.18. The first-order valence-corrected chi connectivity index (χ1v) is 7.20. The second kappa shape index (κ2) is 6.50. The average molecular weight is 307 g/mol. The van der Waals surface area contributed by atoms with Gasteiger partial charge in [-0.15, -0.1) is 0 Å². The first-order chi connectivity index (χ1) is 10.6. The minimum Gasteiger partial charge on any atom is -0.372 e. The number of hydrogen-bond donors (Lipinski definition) is 1. The van der Waals surface area contributed by atoms with Crippen LogP contribution in [0.3, 0.4) is 0 Å². The molecule has 116 valence electrons. The summed E-state index contributed by atoms with van der Waals surface area (Å²) in [6.07, 6.45) is 0.976. The van der Waals surface area contributed by atoms with E-state index in [9.17, 15) is 13.2 Å². The van der Waals surface area contributed by atoms with E-state index in [2.05, 4.69) is 5.32 Å². The van der Waals surface area contributed by atoms with E-state index in [1.165, 1.54) is 12.1 Å². The third kappa shape index (κ3) is 3.15. The van der Waals surface area contributed by atoms with Crippen LogP contribution in [0.15, 0.2) is 36.4 Å². The van der Waals surface area contributed by atoms with Crippen LogP contribution in [0.4, 0.5) is 13.2 Å². The molecule has 1 aliphatic rings. The Morgan fingerprint density at radius 3 is 2.68 bits per heavy atom. The van der Waals surface area contributed by atoms with Gasteiger partial charge in [0, 0.05) is 23.7 Å². The van der Waals surface area contributed by atoms with Crippen molar-refractivity contribution in [1.82, 2.24) is 5.32 Å². The molecule has 2 nitrogen and oxygen atoms in total. The summed E-state index contributed by atoms with van der Waals surface area (Å²) in [5, 5.41) is 3.18. The van der Waals surface area contributed by atoms with Crippen molar-refractivity contribution in [3.8, 4) is 11.1 Å². The first kappa shape index (κ1) is 15.1. The summed E-state index contributed by atoms with van der Waals surface area (Å²) in [6, 6.07) is 7.65. The smallest absolute Gasteiger partial charge is 0.134 e. The molecule has 2 aromatic rings. The lowest BCUT2D eigenvalue weighted by Crippen LogP contribution is -2.16. The average Bonchev–Trinajstić information content (AvgIpc) is 2.99. The van der Waals surface area contributed by atoms with Crippen LogP contribution >= 0.6 is 0 Å². The topological polar surface area (TPSA) is 21.3 Å². The summed E-state index contributed by atoms with van der Waals surface area (Å²) < 4.78 is 47.0. The monoisotopic (exact) mass is 307 g/mol. The minimum absolute atomic E-state index is 0.0441. The molecular formula is C17H16F3NO. The van der Waals surface area contributed by atoms with Crippen LogP contribution in [-0.2, 0) is 11.3 Å². The van der Waals surface area contributed by atoms with Gasteiger partial charge in [-0.3, -0.25) is 0 Å². The molecule has 0 radical (unpaired) electrons. The van der Waals surface area contributed by atoms with E-state index in [0.29, 0.717) is 5.56 Å². The zero-order valence-electron chi connectivity index (χ0n) is 11.9. The molecule has 1 fully saturated rings. The molecule has 2 aromatic carbocycles. The van der Waals surface area contributed by atoms with Gasteiger partial charge in [-0.25, -0.2) is 13.2 Å². The highest BCUT2D eigenvalue weighted by Crippen LogP contribution is 2.30. The zero-order valence-corrected chi connectivity index (χ0v) is 11.9. The Balaban J connectivity index is 1.92. The predicted molar refractivity (Wildman–Crippen MR) is 77.8 cm³/mol. The van der Waals surface area contributed by atoms with Crippen molar-refractivity contribution >= 4 is 0 Å². The zero-order chi connectivity index (χ0) is 15.5. The highest BCUT2D eigenvalue weighted by molar-refractivity contribution is 5.68. The SMILES string of the molecule is Fc1ccc(-c2c(F)cccc2CO[C@H]2CCNC2)c(F)c1. The Labute approximate surface area is 126 Å². The van der Waals surface area contributed by atoms with E-state index < -0.39 is 17.5 Å². The van der Waals surface area contributed by atoms with Crippen molar-refractivity contribution in [3.05, 3.63) is 59.4 Å². The van der Waals surface area contributed by atoms with Crippen molar-refractivity contribution in [3.63, 3.8) is 0 Å². The minimum atomic E-state index is -0.783. The van der Waals surface area contributed by atoms with Crippen LogP contribution in [0, 0.1) is 17.5 Å². The van der Waals surface area contributed by atoms with Gasteiger partial charge in [0.15, 0.2) is 0 Å². The molecule has 0 spiro atoms. The first-order valence-electron chi connectivity index (χ1n) is 7.20. The number of ether oxygens (including phenoxy) is 1. The normalized spacial score (nSPS) is 17.9. The van der Waals surface area contributed by atoms with Crippen molar-refractivity contribution in [1.29, 1.82) is 0 Å². The summed E-state index contributed by atoms with van der Waals surface area (Å²) in [4.78, 5) is 0. The van der Waals surface area contributed by atoms with Crippen LogP contribution < -0.4 is 5.32 Å². The van der Waals surface area contributed by atoms with E-state index in [-0.39, 0.29) is 23.8 Å². The van der Waals surface area contributed by atoms with Crippen LogP contribution in [0.25, 0.3) is 11.1 Å². The van der Waals surface area contributed by atoms with Crippen molar-refractivity contribution in [2.75, 3.05) is 13.1 Å². The van der Waals surface area contributed by atoms with Crippen molar-refractivity contribution in [2.24, 2.45) is 0 Å². The Morgan fingerprint density at radius 1 is 1.09 bits per heavy atom. The van der Waals surface area contributed by atoms with Gasteiger partial charge in [-0.2, -0.15) is 0 Å². The second-order valence-corrected chi connectivity index (χ2v) is 5.32. The lowest BCUT2D eigenvalue weighted by atomic mass is 9.99. The Hall–Kier alpha value is -1.85. The summed E-state index contributed by atoms with van der Waals surface area (Å²) >= 11 is 0. The molecule has 22 heavy (non-hydrogen) atoms. The molecule has 1 aliphatic heterocycles. The molecule has 1 N–H and O–H groups in total. The molecule has 1 heterocycles. The molecule has 1 atom stereocenters. The number of rotatable bonds is 4. The van der Waals surface area contributed by atoms with E-state index in [1.807, 2.05) is 0 Å². The van der Waals surface area contributed by atoms with E-state index in [4.69, 9.17) is 4.74 Å². The third-order valence-electron chi connectivity index (χ3n) is 3.79. The van der Waals surface area contributed by atoms with Gasteiger partial charge in [0.05, 0.1) is 12.7 Å². The van der Waals surface area contributed by atoms with Crippen molar-refractivity contribution in [2.45, 2.75) is 19.1 Å². The molecule has 5 heteroatoms. The molecule has 0 amide bonds. The molecule has 3 rings (SSSR count). The van der Waals surface area contributed by atoms with Gasteiger partial charge in [0.25, 0.3) is 0 Å². The van der Waals surface area contributed by atoms with E-state index in [1.54, 1.807) is 12.1 Å². The standard InChI is InChI=1S/C17H16F3NO/c18-12-4-5-14(16(20)8-12)17-11(2-1-3-15(17)19)10-22-13-6-7-21-9-13/h1-5,8,13,21H,6-7,9-10H2/t13-/m0/s1. The molecular weight excluding hydrogens is 291 g/mol. The van der Waals surface area contributed by atoms with Gasteiger partial charge in [0.1, 0.15) is 17.5 Å². The Bertz CT molecular complexity index is 669. The molecule has 0 aromatic heterocycles. The highest BCUT2D eigenvalue weighted by atomic mass is 19.1. The fraction of sp³-hybridized carbons (Fsp3) is 0.294. The quantitative estimate of drug-likeness (QED) is 0.931. The van der Waals surface area contributed by atoms with Crippen LogP contribution in [0.1, 0.15) is 12.0 Å². The summed E-state index contributed by atoms with van der Waals surface area (Å²) in [5.41, 5.74) is 0.728. The summed E-state index contributed by atoms with van der Waals surface area (Å²) in [6.45, 7) is 1.85. The van der Waals surface area contributed by atoms with Gasteiger partial charge >= 0.3 is 0 Å². The van der Waals surface area contributed by atoms with Gasteiger partial charge in [0.2, 0.25) is 0 Å². The third-order valence-corrected chi connectivity index (χ3v) is 3.79. The summed E-state index contributed by atoms with van der Waals surface area (Å²) in [5.74, 6) is -2.02. The van der Waals surface area contributed by atoms with Crippen LogP contribution in [0.5, 0.6) is 0 Å². The summed E-state index contributed by atoms with van der Waals surface area (Å²) in [7, 11) is 0. The van der Waals surface area contributed by atoms with Gasteiger partial charge in [-0.1, -0.05) is 12.1 Å². The lowest BCUT2D eigenvalue weighted by Gasteiger charge is -2.15. The lowest BCUT2D eigenvalue weighted by molar-refractivity contribution is 0.0543. The maximum atomic E-state index is 14.2. The maximum absolute atomic E-state index is 14.2. The fourth-order valence-electron chi connectivity index (χ4n) is 2.66.